The normalized spacial score (nSPS) is 33.8. The third kappa shape index (κ3) is 2.88. The molecule has 1 amide bonds. The lowest BCUT2D eigenvalue weighted by molar-refractivity contribution is -0.313. The van der Waals surface area contributed by atoms with Gasteiger partial charge in [0.05, 0.1) is 18.1 Å². The Hall–Kier alpha value is -1.62. The third-order valence-electron chi connectivity index (χ3n) is 4.60. The molecule has 2 heterocycles. The molecule has 5 nitrogen and oxygen atoms in total. The molecule has 0 saturated carbocycles. The van der Waals surface area contributed by atoms with Crippen LogP contribution in [0.25, 0.3) is 0 Å². The van der Waals surface area contributed by atoms with Gasteiger partial charge in [0, 0.05) is 18.4 Å². The van der Waals surface area contributed by atoms with E-state index in [9.17, 15) is 14.7 Å². The van der Waals surface area contributed by atoms with Crippen LogP contribution in [0.5, 0.6) is 0 Å². The highest BCUT2D eigenvalue weighted by Crippen LogP contribution is 2.38. The van der Waals surface area contributed by atoms with Gasteiger partial charge in [-0.05, 0) is 32.1 Å². The van der Waals surface area contributed by atoms with Crippen molar-refractivity contribution in [1.29, 1.82) is 0 Å². The van der Waals surface area contributed by atoms with E-state index in [0.29, 0.717) is 6.54 Å². The molecule has 1 fully saturated rings. The molecular formula is C16H20NO4-. The predicted octanol–water partition coefficient (Wildman–Crippen LogP) is 0.313. The molecule has 0 aromatic heterocycles. The van der Waals surface area contributed by atoms with Gasteiger partial charge in [0.15, 0.2) is 0 Å². The zero-order valence-corrected chi connectivity index (χ0v) is 11.9. The fourth-order valence-corrected chi connectivity index (χ4v) is 3.50. The number of hydrogen-bond acceptors (Lipinski definition) is 4. The second-order valence-electron chi connectivity index (χ2n) is 5.97. The summed E-state index contributed by atoms with van der Waals surface area (Å²) in [4.78, 5) is 23.5. The van der Waals surface area contributed by atoms with Crippen LogP contribution in [0.2, 0.25) is 0 Å². The summed E-state index contributed by atoms with van der Waals surface area (Å²) in [5.74, 6) is -2.97. The molecule has 0 radical (unpaired) electrons. The Labute approximate surface area is 124 Å². The molecule has 114 valence electrons. The van der Waals surface area contributed by atoms with Gasteiger partial charge in [0.2, 0.25) is 5.91 Å². The summed E-state index contributed by atoms with van der Waals surface area (Å²) in [6.45, 7) is 0.558. The maximum Gasteiger partial charge on any atom is 0.226 e. The van der Waals surface area contributed by atoms with Crippen LogP contribution in [-0.4, -0.2) is 30.6 Å². The molecule has 0 spiro atoms. The van der Waals surface area contributed by atoms with Gasteiger partial charge in [-0.25, -0.2) is 0 Å². The van der Waals surface area contributed by atoms with Crippen LogP contribution in [0.4, 0.5) is 0 Å². The predicted molar refractivity (Wildman–Crippen MR) is 74.0 cm³/mol. The van der Waals surface area contributed by atoms with Crippen molar-refractivity contribution in [2.75, 3.05) is 6.54 Å². The molecule has 1 N–H and O–H groups in total. The number of nitrogens with one attached hydrogen (secondary N) is 1. The van der Waals surface area contributed by atoms with E-state index in [1.165, 1.54) is 18.4 Å². The number of rotatable bonds is 5. The summed E-state index contributed by atoms with van der Waals surface area (Å²) in [6, 6.07) is 0. The average molecular weight is 290 g/mol. The van der Waals surface area contributed by atoms with Gasteiger partial charge in [-0.15, -0.1) is 0 Å². The Morgan fingerprint density at radius 1 is 1.24 bits per heavy atom. The second kappa shape index (κ2) is 6.02. The van der Waals surface area contributed by atoms with Crippen molar-refractivity contribution in [2.45, 2.75) is 44.3 Å². The van der Waals surface area contributed by atoms with E-state index in [2.05, 4.69) is 11.4 Å². The van der Waals surface area contributed by atoms with Crippen molar-refractivity contribution in [2.24, 2.45) is 11.8 Å². The van der Waals surface area contributed by atoms with E-state index in [-0.39, 0.29) is 5.91 Å². The van der Waals surface area contributed by atoms with Crippen LogP contribution >= 0.6 is 0 Å². The summed E-state index contributed by atoms with van der Waals surface area (Å²) >= 11 is 0. The minimum absolute atomic E-state index is 0.238. The minimum Gasteiger partial charge on any atom is -0.550 e. The topological polar surface area (TPSA) is 78.5 Å². The number of carboxylic acid groups (broad SMARTS) is 1. The lowest BCUT2D eigenvalue weighted by atomic mass is 9.82. The summed E-state index contributed by atoms with van der Waals surface area (Å²) in [5.41, 5.74) is 1.39. The van der Waals surface area contributed by atoms with E-state index in [1.54, 1.807) is 12.2 Å². The average Bonchev–Trinajstić information content (AvgIpc) is 3.08. The largest absolute Gasteiger partial charge is 0.550 e. The highest BCUT2D eigenvalue weighted by atomic mass is 16.5. The maximum absolute atomic E-state index is 12.3. The third-order valence-corrected chi connectivity index (χ3v) is 4.60. The molecule has 4 atom stereocenters. The van der Waals surface area contributed by atoms with E-state index < -0.39 is 30.0 Å². The number of hydrogen-bond donors (Lipinski definition) is 1. The maximum atomic E-state index is 12.3. The van der Waals surface area contributed by atoms with Crippen LogP contribution in [0.15, 0.2) is 23.8 Å². The number of fused-ring (bicyclic) bond motifs is 2. The quantitative estimate of drug-likeness (QED) is 0.739. The second-order valence-corrected chi connectivity index (χ2v) is 5.97. The van der Waals surface area contributed by atoms with E-state index in [4.69, 9.17) is 4.74 Å². The minimum atomic E-state index is -1.21. The first kappa shape index (κ1) is 14.3. The molecular weight excluding hydrogens is 270 g/mol. The van der Waals surface area contributed by atoms with Crippen LogP contribution in [0, 0.1) is 11.8 Å². The zero-order valence-electron chi connectivity index (χ0n) is 11.9. The van der Waals surface area contributed by atoms with Crippen LogP contribution < -0.4 is 10.4 Å². The van der Waals surface area contributed by atoms with Crippen molar-refractivity contribution in [3.8, 4) is 0 Å². The molecule has 0 unspecified atom stereocenters. The smallest absolute Gasteiger partial charge is 0.226 e. The zero-order chi connectivity index (χ0) is 14.8. The van der Waals surface area contributed by atoms with Crippen molar-refractivity contribution in [3.63, 3.8) is 0 Å². The van der Waals surface area contributed by atoms with Gasteiger partial charge in [0.25, 0.3) is 0 Å². The SMILES string of the molecule is O=C(NCCC1=CCCCC1)[C@H]1[C@H](C(=O)[O-])[C@H]2C=C[C@@H]1O2. The number of carbonyl (C=O) groups is 2. The van der Waals surface area contributed by atoms with Crippen LogP contribution in [0.1, 0.15) is 32.1 Å². The summed E-state index contributed by atoms with van der Waals surface area (Å²) in [5, 5.41) is 14.1. The van der Waals surface area contributed by atoms with Crippen LogP contribution in [-0.2, 0) is 14.3 Å². The molecule has 3 rings (SSSR count). The molecule has 21 heavy (non-hydrogen) atoms. The van der Waals surface area contributed by atoms with E-state index >= 15 is 0 Å². The number of carbonyl (C=O) groups excluding carboxylic acids is 2. The number of amides is 1. The van der Waals surface area contributed by atoms with Gasteiger partial charge in [0.1, 0.15) is 0 Å². The molecule has 2 aliphatic heterocycles. The Morgan fingerprint density at radius 2 is 2.00 bits per heavy atom. The standard InChI is InChI=1S/C16H21NO4/c18-15(17-9-8-10-4-2-1-3-5-10)13-11-6-7-12(21-11)14(13)16(19)20/h4,6-7,11-14H,1-3,5,8-9H2,(H,17,18)(H,19,20)/p-1/t11-,12+,13+,14+/m0/s1. The Morgan fingerprint density at radius 3 is 2.67 bits per heavy atom. The molecule has 0 aromatic carbocycles. The number of ether oxygens (including phenoxy) is 1. The van der Waals surface area contributed by atoms with Crippen molar-refractivity contribution in [1.82, 2.24) is 5.32 Å². The molecule has 1 aliphatic carbocycles. The molecule has 3 aliphatic rings. The molecule has 5 heteroatoms. The summed E-state index contributed by atoms with van der Waals surface area (Å²) < 4.78 is 5.47. The van der Waals surface area contributed by atoms with Gasteiger partial charge < -0.3 is 20.0 Å². The van der Waals surface area contributed by atoms with Gasteiger partial charge in [-0.3, -0.25) is 4.79 Å². The van der Waals surface area contributed by atoms with Gasteiger partial charge in [-0.2, -0.15) is 0 Å². The van der Waals surface area contributed by atoms with Crippen molar-refractivity contribution >= 4 is 11.9 Å². The number of aliphatic carboxylic acids is 1. The number of allylic oxidation sites excluding steroid dienone is 1. The highest BCUT2D eigenvalue weighted by Gasteiger charge is 2.50. The fourth-order valence-electron chi connectivity index (χ4n) is 3.50. The Balaban J connectivity index is 1.54. The first-order chi connectivity index (χ1) is 10.2. The first-order valence-electron chi connectivity index (χ1n) is 7.67. The Kier molecular flexibility index (Phi) is 4.10. The lowest BCUT2D eigenvalue weighted by Gasteiger charge is -2.25. The van der Waals surface area contributed by atoms with Gasteiger partial charge >= 0.3 is 0 Å². The lowest BCUT2D eigenvalue weighted by Crippen LogP contribution is -2.47. The molecule has 1 saturated heterocycles. The monoisotopic (exact) mass is 290 g/mol. The summed E-state index contributed by atoms with van der Waals surface area (Å²) in [6.07, 6.45) is 10.3. The van der Waals surface area contributed by atoms with Crippen molar-refractivity contribution < 1.29 is 19.4 Å². The fraction of sp³-hybridized carbons (Fsp3) is 0.625. The van der Waals surface area contributed by atoms with Crippen molar-refractivity contribution in [3.05, 3.63) is 23.8 Å². The van der Waals surface area contributed by atoms with Crippen LogP contribution in [0.3, 0.4) is 0 Å². The Bertz CT molecular complexity index is 497. The summed E-state index contributed by atoms with van der Waals surface area (Å²) in [7, 11) is 0. The van der Waals surface area contributed by atoms with E-state index in [1.807, 2.05) is 0 Å². The highest BCUT2D eigenvalue weighted by molar-refractivity contribution is 5.86. The molecule has 0 aromatic rings. The van der Waals surface area contributed by atoms with Gasteiger partial charge in [-0.1, -0.05) is 23.8 Å². The van der Waals surface area contributed by atoms with E-state index in [0.717, 1.165) is 19.3 Å². The number of carboxylic acids is 1. The molecule has 2 bridgehead atoms. The first-order valence-corrected chi connectivity index (χ1v) is 7.67.